The Hall–Kier alpha value is -0.530. The molecule has 204 valence electrons. The lowest BCUT2D eigenvalue weighted by atomic mass is 9.87. The first-order valence-electron chi connectivity index (χ1n) is 13.8. The Morgan fingerprint density at radius 2 is 1.26 bits per heavy atom. The van der Waals surface area contributed by atoms with E-state index in [1.807, 2.05) is 0 Å². The van der Waals surface area contributed by atoms with Crippen molar-refractivity contribution in [3.63, 3.8) is 0 Å². The summed E-state index contributed by atoms with van der Waals surface area (Å²) in [6.07, 6.45) is 17.8. The van der Waals surface area contributed by atoms with Crippen molar-refractivity contribution in [1.29, 1.82) is 0 Å². The van der Waals surface area contributed by atoms with Crippen LogP contribution in [0.4, 0.5) is 0 Å². The molecule has 2 saturated heterocycles. The maximum absolute atomic E-state index is 13.2. The van der Waals surface area contributed by atoms with Crippen molar-refractivity contribution in [2.45, 2.75) is 139 Å². The summed E-state index contributed by atoms with van der Waals surface area (Å²) in [4.78, 5) is 11.3. The van der Waals surface area contributed by atoms with Gasteiger partial charge >= 0.3 is 5.97 Å². The van der Waals surface area contributed by atoms with Gasteiger partial charge in [0.1, 0.15) is 0 Å². The number of carbonyl (C=O) groups is 1. The Morgan fingerprint density at radius 3 is 1.69 bits per heavy atom. The van der Waals surface area contributed by atoms with E-state index in [0.29, 0.717) is 6.42 Å². The third-order valence-corrected chi connectivity index (χ3v) is 12.3. The SMILES string of the molecule is CC(C)(CO)CCCCC1CCCC(/C=C\C2CCCC(CCCCC(C)(C)C(=O)O)S2=O)S1=O. The van der Waals surface area contributed by atoms with Crippen molar-refractivity contribution < 1.29 is 23.4 Å². The summed E-state index contributed by atoms with van der Waals surface area (Å²) in [6.45, 7) is 7.93. The Labute approximate surface area is 218 Å². The van der Waals surface area contributed by atoms with Crippen molar-refractivity contribution in [2.24, 2.45) is 10.8 Å². The summed E-state index contributed by atoms with van der Waals surface area (Å²) >= 11 is 0. The van der Waals surface area contributed by atoms with Gasteiger partial charge in [-0.15, -0.1) is 0 Å². The average molecular weight is 531 g/mol. The molecule has 0 aromatic carbocycles. The van der Waals surface area contributed by atoms with E-state index in [9.17, 15) is 23.4 Å². The van der Waals surface area contributed by atoms with Crippen LogP contribution in [0.2, 0.25) is 0 Å². The number of carboxylic acids is 1. The Balaban J connectivity index is 1.80. The lowest BCUT2D eigenvalue weighted by molar-refractivity contribution is -0.147. The van der Waals surface area contributed by atoms with E-state index in [1.165, 1.54) is 0 Å². The molecule has 0 spiro atoms. The standard InChI is InChI=1S/C28H50O5S2/c1-27(2,21-29)19-7-5-11-22-13-9-15-24(34(22)32)17-18-25-16-10-14-23(35(25)33)12-6-8-20-28(3,4)26(30)31/h17-18,22-25,29H,5-16,19-21H2,1-4H3,(H,30,31)/b18-17-. The van der Waals surface area contributed by atoms with Gasteiger partial charge in [-0.2, -0.15) is 0 Å². The highest BCUT2D eigenvalue weighted by atomic mass is 32.2. The predicted octanol–water partition coefficient (Wildman–Crippen LogP) is 6.13. The number of aliphatic carboxylic acids is 1. The monoisotopic (exact) mass is 530 g/mol. The highest BCUT2D eigenvalue weighted by Crippen LogP contribution is 2.32. The zero-order chi connectivity index (χ0) is 26.1. The van der Waals surface area contributed by atoms with Crippen LogP contribution in [0.25, 0.3) is 0 Å². The molecule has 0 aromatic rings. The molecule has 0 bridgehead atoms. The minimum absolute atomic E-state index is 0.0282. The van der Waals surface area contributed by atoms with E-state index >= 15 is 0 Å². The van der Waals surface area contributed by atoms with Crippen LogP contribution in [0.1, 0.15) is 118 Å². The maximum atomic E-state index is 13.2. The second kappa shape index (κ2) is 14.4. The fourth-order valence-electron chi connectivity index (χ4n) is 5.27. The van der Waals surface area contributed by atoms with Gasteiger partial charge in [0.05, 0.1) is 15.9 Å². The smallest absolute Gasteiger partial charge is 0.309 e. The number of aliphatic hydroxyl groups excluding tert-OH is 1. The van der Waals surface area contributed by atoms with Crippen molar-refractivity contribution in [1.82, 2.24) is 0 Å². The van der Waals surface area contributed by atoms with Gasteiger partial charge in [-0.3, -0.25) is 13.2 Å². The van der Waals surface area contributed by atoms with Crippen LogP contribution in [0, 0.1) is 10.8 Å². The third-order valence-electron chi connectivity index (χ3n) is 8.04. The summed E-state index contributed by atoms with van der Waals surface area (Å²) in [5.74, 6) is -0.753. The maximum Gasteiger partial charge on any atom is 0.309 e. The largest absolute Gasteiger partial charge is 0.481 e. The first-order valence-corrected chi connectivity index (χ1v) is 16.3. The number of hydrogen-bond donors (Lipinski definition) is 2. The number of hydrogen-bond acceptors (Lipinski definition) is 4. The highest BCUT2D eigenvalue weighted by Gasteiger charge is 2.31. The zero-order valence-corrected chi connectivity index (χ0v) is 24.1. The molecule has 2 rings (SSSR count). The molecule has 0 amide bonds. The lowest BCUT2D eigenvalue weighted by Crippen LogP contribution is -2.32. The molecule has 35 heavy (non-hydrogen) atoms. The van der Waals surface area contributed by atoms with Gasteiger partial charge in [-0.25, -0.2) is 0 Å². The van der Waals surface area contributed by atoms with Crippen LogP contribution >= 0.6 is 0 Å². The van der Waals surface area contributed by atoms with Gasteiger partial charge in [-0.05, 0) is 70.6 Å². The molecule has 2 fully saturated rings. The molecule has 7 heteroatoms. The van der Waals surface area contributed by atoms with Crippen LogP contribution in [0.3, 0.4) is 0 Å². The van der Waals surface area contributed by atoms with Crippen LogP contribution in [0.5, 0.6) is 0 Å². The minimum atomic E-state index is -0.912. The molecule has 0 radical (unpaired) electrons. The van der Waals surface area contributed by atoms with Crippen molar-refractivity contribution >= 4 is 27.6 Å². The highest BCUT2D eigenvalue weighted by molar-refractivity contribution is 7.86. The topological polar surface area (TPSA) is 91.7 Å². The molecular weight excluding hydrogens is 480 g/mol. The minimum Gasteiger partial charge on any atom is -0.481 e. The van der Waals surface area contributed by atoms with Gasteiger partial charge in [0.2, 0.25) is 0 Å². The number of aliphatic hydroxyl groups is 1. The van der Waals surface area contributed by atoms with E-state index < -0.39 is 33.0 Å². The van der Waals surface area contributed by atoms with E-state index in [0.717, 1.165) is 83.5 Å². The lowest BCUT2D eigenvalue weighted by Gasteiger charge is -2.29. The van der Waals surface area contributed by atoms with Gasteiger partial charge in [0.25, 0.3) is 0 Å². The summed E-state index contributed by atoms with van der Waals surface area (Å²) in [6, 6.07) is 0. The molecule has 2 N–H and O–H groups in total. The number of rotatable bonds is 14. The van der Waals surface area contributed by atoms with E-state index in [-0.39, 0.29) is 33.0 Å². The van der Waals surface area contributed by atoms with Gasteiger partial charge in [0.15, 0.2) is 0 Å². The van der Waals surface area contributed by atoms with E-state index in [4.69, 9.17) is 0 Å². The summed E-state index contributed by atoms with van der Waals surface area (Å²) < 4.78 is 26.4. The molecule has 2 aliphatic heterocycles. The number of unbranched alkanes of at least 4 members (excludes halogenated alkanes) is 2. The zero-order valence-electron chi connectivity index (χ0n) is 22.5. The van der Waals surface area contributed by atoms with Gasteiger partial charge < -0.3 is 10.2 Å². The Morgan fingerprint density at radius 1 is 0.800 bits per heavy atom. The van der Waals surface area contributed by atoms with Crippen LogP contribution in [-0.4, -0.2) is 52.2 Å². The molecule has 0 aliphatic carbocycles. The Bertz CT molecular complexity index is 746. The fourth-order valence-corrected chi connectivity index (χ4v) is 9.14. The van der Waals surface area contributed by atoms with Crippen molar-refractivity contribution in [2.75, 3.05) is 6.61 Å². The third kappa shape index (κ3) is 10.0. The molecule has 6 atom stereocenters. The molecule has 6 unspecified atom stereocenters. The quantitative estimate of drug-likeness (QED) is 0.208. The molecule has 2 heterocycles. The van der Waals surface area contributed by atoms with E-state index in [1.54, 1.807) is 13.8 Å². The van der Waals surface area contributed by atoms with E-state index in [2.05, 4.69) is 26.0 Å². The second-order valence-electron chi connectivity index (χ2n) is 12.2. The van der Waals surface area contributed by atoms with Crippen LogP contribution in [0.15, 0.2) is 12.2 Å². The average Bonchev–Trinajstić information content (AvgIpc) is 2.81. The molecule has 0 aromatic heterocycles. The van der Waals surface area contributed by atoms with Crippen molar-refractivity contribution in [3.05, 3.63) is 12.2 Å². The predicted molar refractivity (Wildman–Crippen MR) is 147 cm³/mol. The Kier molecular flexibility index (Phi) is 12.6. The fraction of sp³-hybridized carbons (Fsp3) is 0.893. The van der Waals surface area contributed by atoms with Crippen molar-refractivity contribution in [3.8, 4) is 0 Å². The molecule has 2 aliphatic rings. The normalized spacial score (nSPS) is 30.5. The molecule has 0 saturated carbocycles. The summed E-state index contributed by atoms with van der Waals surface area (Å²) in [7, 11) is -1.78. The summed E-state index contributed by atoms with van der Waals surface area (Å²) in [5, 5.41) is 19.3. The van der Waals surface area contributed by atoms with Crippen LogP contribution in [-0.2, 0) is 26.4 Å². The van der Waals surface area contributed by atoms with Gasteiger partial charge in [-0.1, -0.05) is 64.5 Å². The first kappa shape index (κ1) is 30.7. The second-order valence-corrected chi connectivity index (χ2v) is 16.1. The van der Waals surface area contributed by atoms with Crippen LogP contribution < -0.4 is 0 Å². The molecule has 5 nitrogen and oxygen atoms in total. The summed E-state index contributed by atoms with van der Waals surface area (Å²) in [5.41, 5.74) is -0.722. The number of carboxylic acid groups (broad SMARTS) is 1. The van der Waals surface area contributed by atoms with Gasteiger partial charge in [0, 0.05) is 38.7 Å². The first-order chi connectivity index (χ1) is 16.5. The molecular formula is C28H50O5S2.